The molecule has 0 saturated heterocycles. The normalized spacial score (nSPS) is 17.6. The smallest absolute Gasteiger partial charge is 0.303 e. The summed E-state index contributed by atoms with van der Waals surface area (Å²) in [6.45, 7) is 0. The molecule has 0 heterocycles. The second-order valence-corrected chi connectivity index (χ2v) is 4.96. The number of carbonyl (C=O) groups excluding carboxylic acids is 1. The Morgan fingerprint density at radius 3 is 2.84 bits per heavy atom. The molecule has 1 aliphatic carbocycles. The van der Waals surface area contributed by atoms with E-state index in [0.29, 0.717) is 6.42 Å². The predicted octanol–water partition coefficient (Wildman–Crippen LogP) is 2.44. The number of rotatable bonds is 5. The van der Waals surface area contributed by atoms with E-state index in [9.17, 15) is 9.59 Å². The lowest BCUT2D eigenvalue weighted by molar-refractivity contribution is -0.137. The van der Waals surface area contributed by atoms with Crippen LogP contribution >= 0.6 is 0 Å². The summed E-state index contributed by atoms with van der Waals surface area (Å²) in [5, 5.41) is 11.6. The fourth-order valence-electron chi connectivity index (χ4n) is 2.57. The Kier molecular flexibility index (Phi) is 4.55. The van der Waals surface area contributed by atoms with Crippen LogP contribution in [0.1, 0.15) is 49.3 Å². The van der Waals surface area contributed by atoms with E-state index in [2.05, 4.69) is 17.4 Å². The minimum atomic E-state index is -0.851. The molecule has 0 unspecified atom stereocenters. The average molecular weight is 261 g/mol. The molecule has 0 aliphatic heterocycles. The molecular weight excluding hydrogens is 242 g/mol. The van der Waals surface area contributed by atoms with Crippen molar-refractivity contribution < 1.29 is 14.7 Å². The van der Waals surface area contributed by atoms with Crippen LogP contribution in [0, 0.1) is 0 Å². The Labute approximate surface area is 112 Å². The van der Waals surface area contributed by atoms with Gasteiger partial charge in [0.1, 0.15) is 0 Å². The SMILES string of the molecule is O=C(O)CCCC(=O)N[C@H]1CCCc2ccccc21. The summed E-state index contributed by atoms with van der Waals surface area (Å²) in [7, 11) is 0. The number of aliphatic carboxylic acids is 1. The molecule has 0 aromatic heterocycles. The summed E-state index contributed by atoms with van der Waals surface area (Å²) in [5.41, 5.74) is 2.52. The number of carboxylic acid groups (broad SMARTS) is 1. The van der Waals surface area contributed by atoms with Crippen LogP contribution < -0.4 is 5.32 Å². The largest absolute Gasteiger partial charge is 0.481 e. The van der Waals surface area contributed by atoms with Crippen LogP contribution in [0.5, 0.6) is 0 Å². The Balaban J connectivity index is 1.90. The van der Waals surface area contributed by atoms with Gasteiger partial charge < -0.3 is 10.4 Å². The van der Waals surface area contributed by atoms with Crippen molar-refractivity contribution in [3.63, 3.8) is 0 Å². The number of carbonyl (C=O) groups is 2. The van der Waals surface area contributed by atoms with Crippen molar-refractivity contribution in [3.8, 4) is 0 Å². The lowest BCUT2D eigenvalue weighted by atomic mass is 9.87. The van der Waals surface area contributed by atoms with Gasteiger partial charge in [0, 0.05) is 12.8 Å². The molecule has 1 amide bonds. The average Bonchev–Trinajstić information content (AvgIpc) is 2.39. The highest BCUT2D eigenvalue weighted by atomic mass is 16.4. The van der Waals surface area contributed by atoms with E-state index < -0.39 is 5.97 Å². The number of hydrogen-bond donors (Lipinski definition) is 2. The van der Waals surface area contributed by atoms with Crippen LogP contribution in [-0.2, 0) is 16.0 Å². The predicted molar refractivity (Wildman–Crippen MR) is 71.8 cm³/mol. The molecule has 4 nitrogen and oxygen atoms in total. The second kappa shape index (κ2) is 6.36. The number of hydrogen-bond acceptors (Lipinski definition) is 2. The van der Waals surface area contributed by atoms with Gasteiger partial charge in [0.05, 0.1) is 6.04 Å². The third-order valence-electron chi connectivity index (χ3n) is 3.50. The maximum Gasteiger partial charge on any atom is 0.303 e. The lowest BCUT2D eigenvalue weighted by Gasteiger charge is -2.26. The van der Waals surface area contributed by atoms with Crippen molar-refractivity contribution in [2.45, 2.75) is 44.6 Å². The maximum absolute atomic E-state index is 11.8. The van der Waals surface area contributed by atoms with Gasteiger partial charge in [-0.25, -0.2) is 0 Å². The summed E-state index contributed by atoms with van der Waals surface area (Å²) >= 11 is 0. The molecule has 1 aromatic carbocycles. The molecule has 19 heavy (non-hydrogen) atoms. The molecule has 0 spiro atoms. The van der Waals surface area contributed by atoms with Gasteiger partial charge >= 0.3 is 5.97 Å². The van der Waals surface area contributed by atoms with E-state index in [4.69, 9.17) is 5.11 Å². The summed E-state index contributed by atoms with van der Waals surface area (Å²) in [5.74, 6) is -0.904. The third kappa shape index (κ3) is 3.81. The first-order valence-electron chi connectivity index (χ1n) is 6.76. The van der Waals surface area contributed by atoms with Crippen LogP contribution in [0.4, 0.5) is 0 Å². The Morgan fingerprint density at radius 2 is 2.05 bits per heavy atom. The highest BCUT2D eigenvalue weighted by Gasteiger charge is 2.21. The van der Waals surface area contributed by atoms with Crippen LogP contribution in [0.15, 0.2) is 24.3 Å². The van der Waals surface area contributed by atoms with Crippen molar-refractivity contribution in [2.24, 2.45) is 0 Å². The first-order chi connectivity index (χ1) is 9.16. The third-order valence-corrected chi connectivity index (χ3v) is 3.50. The summed E-state index contributed by atoms with van der Waals surface area (Å²) in [4.78, 5) is 22.2. The van der Waals surface area contributed by atoms with E-state index in [0.717, 1.165) is 19.3 Å². The van der Waals surface area contributed by atoms with Gasteiger partial charge in [-0.3, -0.25) is 9.59 Å². The van der Waals surface area contributed by atoms with Crippen molar-refractivity contribution in [1.29, 1.82) is 0 Å². The van der Waals surface area contributed by atoms with E-state index in [-0.39, 0.29) is 24.8 Å². The standard InChI is InChI=1S/C15H19NO3/c17-14(9-4-10-15(18)19)16-13-8-3-6-11-5-1-2-7-12(11)13/h1-2,5,7,13H,3-4,6,8-10H2,(H,16,17)(H,18,19)/t13-/m0/s1. The maximum atomic E-state index is 11.8. The molecule has 1 aromatic rings. The van der Waals surface area contributed by atoms with Crippen molar-refractivity contribution in [1.82, 2.24) is 5.32 Å². The molecular formula is C15H19NO3. The highest BCUT2D eigenvalue weighted by Crippen LogP contribution is 2.29. The molecule has 0 saturated carbocycles. The first-order valence-corrected chi connectivity index (χ1v) is 6.76. The molecule has 0 radical (unpaired) electrons. The number of carboxylic acids is 1. The van der Waals surface area contributed by atoms with Gasteiger partial charge in [0.15, 0.2) is 0 Å². The zero-order valence-corrected chi connectivity index (χ0v) is 10.9. The number of amides is 1. The monoisotopic (exact) mass is 261 g/mol. The van der Waals surface area contributed by atoms with Gasteiger partial charge in [-0.1, -0.05) is 24.3 Å². The molecule has 0 fully saturated rings. The van der Waals surface area contributed by atoms with E-state index in [1.54, 1.807) is 0 Å². The number of benzene rings is 1. The summed E-state index contributed by atoms with van der Waals surface area (Å²) in [6, 6.07) is 8.28. The molecule has 1 aliphatic rings. The number of nitrogens with one attached hydrogen (secondary N) is 1. The molecule has 2 N–H and O–H groups in total. The van der Waals surface area contributed by atoms with Crippen LogP contribution in [-0.4, -0.2) is 17.0 Å². The van der Waals surface area contributed by atoms with Gasteiger partial charge in [-0.05, 0) is 36.8 Å². The quantitative estimate of drug-likeness (QED) is 0.855. The zero-order chi connectivity index (χ0) is 13.7. The Hall–Kier alpha value is -1.84. The second-order valence-electron chi connectivity index (χ2n) is 4.96. The fraction of sp³-hybridized carbons (Fsp3) is 0.467. The van der Waals surface area contributed by atoms with Gasteiger partial charge in [0.2, 0.25) is 5.91 Å². The molecule has 4 heteroatoms. The summed E-state index contributed by atoms with van der Waals surface area (Å²) in [6.07, 6.45) is 3.84. The first kappa shape index (κ1) is 13.6. The van der Waals surface area contributed by atoms with Crippen LogP contribution in [0.2, 0.25) is 0 Å². The number of aryl methyl sites for hydroxylation is 1. The number of fused-ring (bicyclic) bond motifs is 1. The minimum Gasteiger partial charge on any atom is -0.481 e. The topological polar surface area (TPSA) is 66.4 Å². The summed E-state index contributed by atoms with van der Waals surface area (Å²) < 4.78 is 0. The van der Waals surface area contributed by atoms with Crippen molar-refractivity contribution in [3.05, 3.63) is 35.4 Å². The van der Waals surface area contributed by atoms with Gasteiger partial charge in [-0.15, -0.1) is 0 Å². The van der Waals surface area contributed by atoms with E-state index in [1.165, 1.54) is 11.1 Å². The lowest BCUT2D eigenvalue weighted by Crippen LogP contribution is -2.30. The molecule has 102 valence electrons. The van der Waals surface area contributed by atoms with Crippen LogP contribution in [0.3, 0.4) is 0 Å². The molecule has 2 rings (SSSR count). The Morgan fingerprint density at radius 1 is 1.26 bits per heavy atom. The Bertz CT molecular complexity index is 470. The van der Waals surface area contributed by atoms with Gasteiger partial charge in [0.25, 0.3) is 0 Å². The molecule has 0 bridgehead atoms. The van der Waals surface area contributed by atoms with E-state index in [1.807, 2.05) is 12.1 Å². The van der Waals surface area contributed by atoms with Crippen molar-refractivity contribution >= 4 is 11.9 Å². The van der Waals surface area contributed by atoms with E-state index >= 15 is 0 Å². The zero-order valence-electron chi connectivity index (χ0n) is 10.9. The fourth-order valence-corrected chi connectivity index (χ4v) is 2.57. The minimum absolute atomic E-state index is 0.0503. The van der Waals surface area contributed by atoms with Gasteiger partial charge in [-0.2, -0.15) is 0 Å². The highest BCUT2D eigenvalue weighted by molar-refractivity contribution is 5.77. The van der Waals surface area contributed by atoms with Crippen molar-refractivity contribution in [2.75, 3.05) is 0 Å². The van der Waals surface area contributed by atoms with Crippen LogP contribution in [0.25, 0.3) is 0 Å². The molecule has 1 atom stereocenters.